The topological polar surface area (TPSA) is 47.0 Å². The van der Waals surface area contributed by atoms with Gasteiger partial charge in [-0.3, -0.25) is 0 Å². The molecule has 1 saturated carbocycles. The lowest BCUT2D eigenvalue weighted by atomic mass is 10.0. The predicted molar refractivity (Wildman–Crippen MR) is 62.3 cm³/mol. The van der Waals surface area contributed by atoms with E-state index in [9.17, 15) is 0 Å². The lowest BCUT2D eigenvalue weighted by Crippen LogP contribution is -2.29. The third-order valence-electron chi connectivity index (χ3n) is 3.32. The third kappa shape index (κ3) is 2.92. The van der Waals surface area contributed by atoms with Gasteiger partial charge in [0.25, 0.3) is 0 Å². The van der Waals surface area contributed by atoms with Crippen LogP contribution < -0.4 is 10.1 Å². The zero-order chi connectivity index (χ0) is 11.2. The van der Waals surface area contributed by atoms with Crippen LogP contribution in [0.1, 0.15) is 25.7 Å². The summed E-state index contributed by atoms with van der Waals surface area (Å²) in [5, 5.41) is 3.38. The molecule has 88 valence electrons. The Balaban J connectivity index is 1.72. The van der Waals surface area contributed by atoms with Crippen LogP contribution in [0.3, 0.4) is 0 Å². The van der Waals surface area contributed by atoms with Gasteiger partial charge in [0.05, 0.1) is 19.0 Å². The van der Waals surface area contributed by atoms with Crippen molar-refractivity contribution in [3.05, 3.63) is 18.7 Å². The monoisotopic (exact) mass is 221 g/mol. The highest BCUT2D eigenvalue weighted by Gasteiger charge is 2.25. The Kier molecular flexibility index (Phi) is 4.10. The number of rotatable bonds is 5. The fourth-order valence-electron chi connectivity index (χ4n) is 2.45. The van der Waals surface area contributed by atoms with Gasteiger partial charge in [-0.2, -0.15) is 0 Å². The van der Waals surface area contributed by atoms with E-state index >= 15 is 0 Å². The highest BCUT2D eigenvalue weighted by molar-refractivity contribution is 5.09. The molecular formula is C12H19N3O. The summed E-state index contributed by atoms with van der Waals surface area (Å²) in [6.45, 7) is 0.760. The minimum absolute atomic E-state index is 0.677. The molecule has 1 aromatic heterocycles. The van der Waals surface area contributed by atoms with E-state index < -0.39 is 0 Å². The second-order valence-corrected chi connectivity index (χ2v) is 4.30. The fourth-order valence-corrected chi connectivity index (χ4v) is 2.45. The predicted octanol–water partition coefficient (Wildman–Crippen LogP) is 1.63. The number of hydrogen-bond donors (Lipinski definition) is 1. The van der Waals surface area contributed by atoms with Crippen molar-refractivity contribution < 1.29 is 4.74 Å². The van der Waals surface area contributed by atoms with Crippen LogP contribution in [0, 0.1) is 5.92 Å². The molecule has 1 aliphatic rings. The lowest BCUT2D eigenvalue weighted by molar-refractivity contribution is 0.262. The molecule has 1 N–H and O–H groups in total. The molecule has 2 atom stereocenters. The number of ether oxygens (including phenoxy) is 1. The van der Waals surface area contributed by atoms with E-state index in [1.807, 2.05) is 0 Å². The molecule has 4 heteroatoms. The molecule has 0 radical (unpaired) electrons. The van der Waals surface area contributed by atoms with Gasteiger partial charge in [-0.1, -0.05) is 6.42 Å². The van der Waals surface area contributed by atoms with Crippen molar-refractivity contribution in [2.75, 3.05) is 13.7 Å². The van der Waals surface area contributed by atoms with Crippen molar-refractivity contribution in [3.8, 4) is 5.75 Å². The number of aromatic nitrogens is 2. The molecule has 0 bridgehead atoms. The van der Waals surface area contributed by atoms with E-state index in [-0.39, 0.29) is 0 Å². The second kappa shape index (κ2) is 5.80. The SMILES string of the molecule is CNC1CCCC1CCOc1cncnc1. The molecule has 0 aliphatic heterocycles. The van der Waals surface area contributed by atoms with Gasteiger partial charge in [0.1, 0.15) is 6.33 Å². The second-order valence-electron chi connectivity index (χ2n) is 4.30. The maximum atomic E-state index is 5.61. The third-order valence-corrected chi connectivity index (χ3v) is 3.32. The zero-order valence-corrected chi connectivity index (χ0v) is 9.72. The molecule has 4 nitrogen and oxygen atoms in total. The van der Waals surface area contributed by atoms with Gasteiger partial charge in [-0.05, 0) is 32.2 Å². The summed E-state index contributed by atoms with van der Waals surface area (Å²) < 4.78 is 5.61. The van der Waals surface area contributed by atoms with Gasteiger partial charge in [0.15, 0.2) is 5.75 Å². The Morgan fingerprint density at radius 3 is 2.94 bits per heavy atom. The van der Waals surface area contributed by atoms with Crippen LogP contribution in [0.15, 0.2) is 18.7 Å². The standard InChI is InChI=1S/C12H19N3O/c1-13-12-4-2-3-10(12)5-6-16-11-7-14-9-15-8-11/h7-10,12-13H,2-6H2,1H3. The van der Waals surface area contributed by atoms with Crippen LogP contribution in [0.2, 0.25) is 0 Å². The highest BCUT2D eigenvalue weighted by atomic mass is 16.5. The molecular weight excluding hydrogens is 202 g/mol. The van der Waals surface area contributed by atoms with Crippen LogP contribution in [-0.4, -0.2) is 29.7 Å². The molecule has 0 spiro atoms. The fraction of sp³-hybridized carbons (Fsp3) is 0.667. The Labute approximate surface area is 96.4 Å². The average Bonchev–Trinajstić information content (AvgIpc) is 2.78. The first-order chi connectivity index (χ1) is 7.90. The largest absolute Gasteiger partial charge is 0.490 e. The van der Waals surface area contributed by atoms with Crippen molar-refractivity contribution in [2.45, 2.75) is 31.7 Å². The van der Waals surface area contributed by atoms with Crippen molar-refractivity contribution in [1.82, 2.24) is 15.3 Å². The summed E-state index contributed by atoms with van der Waals surface area (Å²) in [5.41, 5.74) is 0. The number of hydrogen-bond acceptors (Lipinski definition) is 4. The maximum absolute atomic E-state index is 5.61. The van der Waals surface area contributed by atoms with E-state index in [2.05, 4.69) is 22.3 Å². The van der Waals surface area contributed by atoms with Crippen LogP contribution in [0.25, 0.3) is 0 Å². The van der Waals surface area contributed by atoms with Gasteiger partial charge >= 0.3 is 0 Å². The molecule has 0 saturated heterocycles. The molecule has 1 fully saturated rings. The van der Waals surface area contributed by atoms with Gasteiger partial charge in [0.2, 0.25) is 0 Å². The van der Waals surface area contributed by atoms with E-state index in [1.165, 1.54) is 25.6 Å². The van der Waals surface area contributed by atoms with Crippen LogP contribution in [0.4, 0.5) is 0 Å². The molecule has 1 aliphatic carbocycles. The Bertz CT molecular complexity index is 304. The Morgan fingerprint density at radius 2 is 2.19 bits per heavy atom. The summed E-state index contributed by atoms with van der Waals surface area (Å²) >= 11 is 0. The number of nitrogens with one attached hydrogen (secondary N) is 1. The molecule has 0 aromatic carbocycles. The molecule has 16 heavy (non-hydrogen) atoms. The Hall–Kier alpha value is -1.16. The molecule has 2 rings (SSSR count). The average molecular weight is 221 g/mol. The van der Waals surface area contributed by atoms with Crippen molar-refractivity contribution in [2.24, 2.45) is 5.92 Å². The minimum Gasteiger partial charge on any atom is -0.490 e. The van der Waals surface area contributed by atoms with Gasteiger partial charge in [-0.25, -0.2) is 9.97 Å². The summed E-state index contributed by atoms with van der Waals surface area (Å²) in [7, 11) is 2.05. The summed E-state index contributed by atoms with van der Waals surface area (Å²) in [6.07, 6.45) is 10.00. The first-order valence-electron chi connectivity index (χ1n) is 5.95. The van der Waals surface area contributed by atoms with Crippen molar-refractivity contribution >= 4 is 0 Å². The smallest absolute Gasteiger partial charge is 0.155 e. The summed E-state index contributed by atoms with van der Waals surface area (Å²) in [6, 6.07) is 0.677. The first-order valence-corrected chi connectivity index (χ1v) is 5.95. The molecule has 1 aromatic rings. The van der Waals surface area contributed by atoms with Crippen LogP contribution >= 0.6 is 0 Å². The van der Waals surface area contributed by atoms with Crippen LogP contribution in [-0.2, 0) is 0 Å². The maximum Gasteiger partial charge on any atom is 0.155 e. The van der Waals surface area contributed by atoms with Gasteiger partial charge in [0, 0.05) is 6.04 Å². The first kappa shape index (κ1) is 11.3. The lowest BCUT2D eigenvalue weighted by Gasteiger charge is -2.18. The number of nitrogens with zero attached hydrogens (tertiary/aromatic N) is 2. The quantitative estimate of drug-likeness (QED) is 0.821. The van der Waals surface area contributed by atoms with E-state index in [4.69, 9.17) is 4.74 Å². The normalized spacial score (nSPS) is 24.6. The van der Waals surface area contributed by atoms with Gasteiger partial charge in [-0.15, -0.1) is 0 Å². The Morgan fingerprint density at radius 1 is 1.38 bits per heavy atom. The van der Waals surface area contributed by atoms with Crippen LogP contribution in [0.5, 0.6) is 5.75 Å². The molecule has 2 unspecified atom stereocenters. The van der Waals surface area contributed by atoms with E-state index in [0.717, 1.165) is 24.7 Å². The van der Waals surface area contributed by atoms with Crippen molar-refractivity contribution in [3.63, 3.8) is 0 Å². The van der Waals surface area contributed by atoms with Crippen molar-refractivity contribution in [1.29, 1.82) is 0 Å². The minimum atomic E-state index is 0.677. The van der Waals surface area contributed by atoms with Gasteiger partial charge < -0.3 is 10.1 Å². The highest BCUT2D eigenvalue weighted by Crippen LogP contribution is 2.28. The van der Waals surface area contributed by atoms with E-state index in [1.54, 1.807) is 12.4 Å². The summed E-state index contributed by atoms with van der Waals surface area (Å²) in [5.74, 6) is 1.52. The molecule has 0 amide bonds. The molecule has 1 heterocycles. The van der Waals surface area contributed by atoms with E-state index in [0.29, 0.717) is 6.04 Å². The zero-order valence-electron chi connectivity index (χ0n) is 9.72. The summed E-state index contributed by atoms with van der Waals surface area (Å²) in [4.78, 5) is 7.84.